The average Bonchev–Trinajstić information content (AvgIpc) is 3.27. The summed E-state index contributed by atoms with van der Waals surface area (Å²) in [4.78, 5) is 3.04. The van der Waals surface area contributed by atoms with E-state index in [9.17, 15) is 0 Å². The number of hydrogen-bond acceptors (Lipinski definition) is 4. The van der Waals surface area contributed by atoms with Crippen LogP contribution in [0, 0.1) is 0 Å². The minimum Gasteiger partial charge on any atom is -0.490 e. The first-order chi connectivity index (χ1) is 30.3. The van der Waals surface area contributed by atoms with Gasteiger partial charge in [0.1, 0.15) is 0 Å². The molecule has 0 unspecified atom stereocenters. The first-order valence-electron chi connectivity index (χ1n) is 27.3. The van der Waals surface area contributed by atoms with Crippen molar-refractivity contribution in [2.45, 2.75) is 297 Å². The third kappa shape index (κ3) is 38.1. The summed E-state index contributed by atoms with van der Waals surface area (Å²) < 4.78 is 19.5. The van der Waals surface area contributed by atoms with Crippen LogP contribution >= 0.6 is 0 Å². The second-order valence-corrected chi connectivity index (χ2v) is 18.6. The van der Waals surface area contributed by atoms with Crippen molar-refractivity contribution in [3.05, 3.63) is 28.1 Å². The quantitative estimate of drug-likeness (QED) is 0.0283. The first-order valence-corrected chi connectivity index (χ1v) is 27.3. The van der Waals surface area contributed by atoms with Crippen molar-refractivity contribution in [2.24, 2.45) is 5.11 Å². The highest BCUT2D eigenvalue weighted by molar-refractivity contribution is 5.54. The molecule has 0 N–H and O–H groups in total. The predicted molar refractivity (Wildman–Crippen MR) is 267 cm³/mol. The molecule has 0 bridgehead atoms. The van der Waals surface area contributed by atoms with Gasteiger partial charge < -0.3 is 14.2 Å². The number of rotatable bonds is 50. The van der Waals surface area contributed by atoms with Gasteiger partial charge in [-0.2, -0.15) is 0 Å². The van der Waals surface area contributed by atoms with Gasteiger partial charge in [0, 0.05) is 4.91 Å². The van der Waals surface area contributed by atoms with E-state index >= 15 is 0 Å². The van der Waals surface area contributed by atoms with Gasteiger partial charge in [0.05, 0.1) is 26.4 Å². The van der Waals surface area contributed by atoms with E-state index < -0.39 is 0 Å². The molecule has 6 heteroatoms. The highest BCUT2D eigenvalue weighted by atomic mass is 16.5. The van der Waals surface area contributed by atoms with E-state index in [4.69, 9.17) is 19.7 Å². The number of nitrogens with zero attached hydrogens (tertiary/aromatic N) is 3. The molecule has 0 heterocycles. The largest absolute Gasteiger partial charge is 0.490 e. The van der Waals surface area contributed by atoms with Crippen LogP contribution in [0.15, 0.2) is 17.2 Å². The first kappa shape index (κ1) is 56.9. The van der Waals surface area contributed by atoms with Crippen LogP contribution < -0.4 is 14.2 Å². The Hall–Kier alpha value is -2.07. The molecule has 1 aromatic carbocycles. The van der Waals surface area contributed by atoms with Crippen molar-refractivity contribution in [1.82, 2.24) is 0 Å². The Labute approximate surface area is 380 Å². The molecule has 356 valence electrons. The van der Waals surface area contributed by atoms with E-state index in [1.807, 2.05) is 12.1 Å². The Kier molecular flexibility index (Phi) is 44.3. The fourth-order valence-corrected chi connectivity index (χ4v) is 8.62. The highest BCUT2D eigenvalue weighted by Gasteiger charge is 2.16. The fourth-order valence-electron chi connectivity index (χ4n) is 8.62. The van der Waals surface area contributed by atoms with Gasteiger partial charge in [-0.3, -0.25) is 0 Å². The zero-order valence-corrected chi connectivity index (χ0v) is 41.2. The third-order valence-corrected chi connectivity index (χ3v) is 12.7. The molecule has 1 aromatic rings. The van der Waals surface area contributed by atoms with E-state index in [1.165, 1.54) is 250 Å². The lowest BCUT2D eigenvalue weighted by Crippen LogP contribution is -2.07. The molecule has 0 atom stereocenters. The second kappa shape index (κ2) is 47.4. The van der Waals surface area contributed by atoms with Gasteiger partial charge >= 0.3 is 0 Å². The number of hydrogen-bond donors (Lipinski definition) is 0. The Morgan fingerprint density at radius 3 is 0.820 bits per heavy atom. The summed E-state index contributed by atoms with van der Waals surface area (Å²) in [6.45, 7) is 9.15. The summed E-state index contributed by atoms with van der Waals surface area (Å²) in [7, 11) is 0. The maximum absolute atomic E-state index is 9.10. The standard InChI is InChI=1S/C55H103N3O3/c1-4-7-10-13-16-19-22-25-28-31-34-37-40-43-46-59-53-49-52(51-57-58-56)50-54(60-47-44-41-38-35-32-29-26-23-20-17-14-11-8-5-2)55(53)61-48-45-42-39-36-33-30-27-24-21-18-15-12-9-6-3/h49-50H,4-48,51H2,1-3H3. The van der Waals surface area contributed by atoms with E-state index in [-0.39, 0.29) is 6.54 Å². The van der Waals surface area contributed by atoms with Gasteiger partial charge in [-0.25, -0.2) is 0 Å². The van der Waals surface area contributed by atoms with E-state index in [0.717, 1.165) is 42.1 Å². The molecular weight excluding hydrogens is 751 g/mol. The molecule has 61 heavy (non-hydrogen) atoms. The van der Waals surface area contributed by atoms with Gasteiger partial charge in [0.2, 0.25) is 5.75 Å². The lowest BCUT2D eigenvalue weighted by molar-refractivity contribution is 0.234. The van der Waals surface area contributed by atoms with Gasteiger partial charge in [0.15, 0.2) is 11.5 Å². The molecule has 0 aliphatic carbocycles. The smallest absolute Gasteiger partial charge is 0.203 e. The summed E-state index contributed by atoms with van der Waals surface area (Å²) in [5.74, 6) is 2.21. The Bertz CT molecular complexity index is 1040. The lowest BCUT2D eigenvalue weighted by atomic mass is 10.0. The number of benzene rings is 1. The molecule has 0 aromatic heterocycles. The minimum atomic E-state index is 0.278. The van der Waals surface area contributed by atoms with Crippen LogP contribution in [-0.2, 0) is 6.54 Å². The van der Waals surface area contributed by atoms with Crippen LogP contribution in [0.2, 0.25) is 0 Å². The number of unbranched alkanes of at least 4 members (excludes halogenated alkanes) is 39. The number of ether oxygens (including phenoxy) is 3. The Balaban J connectivity index is 2.55. The van der Waals surface area contributed by atoms with Crippen molar-refractivity contribution in [1.29, 1.82) is 0 Å². The summed E-state index contributed by atoms with van der Waals surface area (Å²) >= 11 is 0. The summed E-state index contributed by atoms with van der Waals surface area (Å²) in [6, 6.07) is 4.02. The Morgan fingerprint density at radius 1 is 0.344 bits per heavy atom. The summed E-state index contributed by atoms with van der Waals surface area (Å²) in [5.41, 5.74) is 10.0. The maximum Gasteiger partial charge on any atom is 0.203 e. The van der Waals surface area contributed by atoms with E-state index in [0.29, 0.717) is 19.8 Å². The molecular formula is C55H103N3O3. The average molecular weight is 854 g/mol. The van der Waals surface area contributed by atoms with E-state index in [1.54, 1.807) is 0 Å². The predicted octanol–water partition coefficient (Wildman–Crippen LogP) is 20.1. The zero-order valence-electron chi connectivity index (χ0n) is 41.2. The molecule has 0 aliphatic rings. The third-order valence-electron chi connectivity index (χ3n) is 12.7. The van der Waals surface area contributed by atoms with Crippen LogP contribution in [0.25, 0.3) is 10.4 Å². The molecule has 0 fully saturated rings. The molecule has 0 saturated carbocycles. The molecule has 0 spiro atoms. The van der Waals surface area contributed by atoms with Crippen LogP contribution in [-0.4, -0.2) is 19.8 Å². The van der Waals surface area contributed by atoms with Crippen LogP contribution in [0.1, 0.15) is 296 Å². The van der Waals surface area contributed by atoms with Crippen molar-refractivity contribution >= 4 is 0 Å². The lowest BCUT2D eigenvalue weighted by Gasteiger charge is -2.19. The van der Waals surface area contributed by atoms with Crippen molar-refractivity contribution in [3.8, 4) is 17.2 Å². The number of azide groups is 1. The monoisotopic (exact) mass is 854 g/mol. The van der Waals surface area contributed by atoms with Gasteiger partial charge in [0.25, 0.3) is 0 Å². The topological polar surface area (TPSA) is 76.5 Å². The van der Waals surface area contributed by atoms with Gasteiger partial charge in [-0.1, -0.05) is 276 Å². The van der Waals surface area contributed by atoms with Crippen molar-refractivity contribution in [3.63, 3.8) is 0 Å². The SMILES string of the molecule is CCCCCCCCCCCCCCCCOc1cc(CN=[N+]=[N-])cc(OCCCCCCCCCCCCCCCC)c1OCCCCCCCCCCCCCCCC. The second-order valence-electron chi connectivity index (χ2n) is 18.6. The molecule has 0 saturated heterocycles. The zero-order chi connectivity index (χ0) is 43.8. The molecule has 1 rings (SSSR count). The van der Waals surface area contributed by atoms with Crippen LogP contribution in [0.3, 0.4) is 0 Å². The van der Waals surface area contributed by atoms with Crippen LogP contribution in [0.5, 0.6) is 17.2 Å². The van der Waals surface area contributed by atoms with Gasteiger partial charge in [-0.15, -0.1) is 0 Å². The molecule has 0 aliphatic heterocycles. The van der Waals surface area contributed by atoms with Gasteiger partial charge in [-0.05, 0) is 42.5 Å². The van der Waals surface area contributed by atoms with Crippen molar-refractivity contribution in [2.75, 3.05) is 19.8 Å². The Morgan fingerprint density at radius 2 is 0.574 bits per heavy atom. The molecule has 6 nitrogen and oxygen atoms in total. The minimum absolute atomic E-state index is 0.278. The van der Waals surface area contributed by atoms with Crippen LogP contribution in [0.4, 0.5) is 0 Å². The van der Waals surface area contributed by atoms with E-state index in [2.05, 4.69) is 30.8 Å². The summed E-state index contributed by atoms with van der Waals surface area (Å²) in [6.07, 6.45) is 56.4. The fraction of sp³-hybridized carbons (Fsp3) is 0.891. The normalized spacial score (nSPS) is 11.3. The summed E-state index contributed by atoms with van der Waals surface area (Å²) in [5, 5.41) is 3.88. The maximum atomic E-state index is 9.10. The van der Waals surface area contributed by atoms with Crippen molar-refractivity contribution < 1.29 is 14.2 Å². The molecule has 0 amide bonds. The highest BCUT2D eigenvalue weighted by Crippen LogP contribution is 2.40. The molecule has 0 radical (unpaired) electrons.